The molecule has 0 aliphatic rings. The summed E-state index contributed by atoms with van der Waals surface area (Å²) in [6.45, 7) is 0. The quantitative estimate of drug-likeness (QED) is 0.0716. The molecule has 49 heavy (non-hydrogen) atoms. The number of carboxylic acid groups (broad SMARTS) is 1. The average molecular weight is 702 g/mol. The molecule has 0 radical (unpaired) electrons. The lowest BCUT2D eigenvalue weighted by atomic mass is 10.0. The topological polar surface area (TPSA) is 286 Å². The Balaban J connectivity index is 2.27. The van der Waals surface area contributed by atoms with Crippen molar-refractivity contribution in [2.45, 2.75) is 68.7 Å². The van der Waals surface area contributed by atoms with Gasteiger partial charge in [0.05, 0.1) is 12.5 Å². The van der Waals surface area contributed by atoms with Crippen molar-refractivity contribution in [2.24, 2.45) is 17.2 Å². The molecule has 0 unspecified atom stereocenters. The number of amides is 6. The van der Waals surface area contributed by atoms with E-state index in [1.54, 1.807) is 36.6 Å². The van der Waals surface area contributed by atoms with E-state index in [4.69, 9.17) is 17.2 Å². The van der Waals surface area contributed by atoms with E-state index < -0.39 is 78.0 Å². The van der Waals surface area contributed by atoms with Gasteiger partial charge in [-0.25, -0.2) is 4.79 Å². The minimum absolute atomic E-state index is 0.0220. The van der Waals surface area contributed by atoms with Crippen molar-refractivity contribution < 1.29 is 43.8 Å². The molecular weight excluding hydrogens is 658 g/mol. The summed E-state index contributed by atoms with van der Waals surface area (Å²) in [7, 11) is 0. The van der Waals surface area contributed by atoms with Crippen LogP contribution in [0.2, 0.25) is 0 Å². The first-order valence-electron chi connectivity index (χ1n) is 15.3. The van der Waals surface area contributed by atoms with Crippen LogP contribution in [0.15, 0.2) is 54.6 Å². The Bertz CT molecular complexity index is 1460. The SMILES string of the molecule is CSCC[C@H](NC(=O)[C@H](CC(N)=O)NC(=O)[C@H](Cc1ccc(O)cc1)NC(=O)[C@@H](N)CCC(N)=O)C(=O)N[C@@H](Cc1ccccc1)C(=O)O. The van der Waals surface area contributed by atoms with Crippen molar-refractivity contribution in [3.05, 3.63) is 65.7 Å². The van der Waals surface area contributed by atoms with Crippen molar-refractivity contribution in [1.29, 1.82) is 0 Å². The first-order valence-corrected chi connectivity index (χ1v) is 16.7. The lowest BCUT2D eigenvalue weighted by Gasteiger charge is -2.26. The summed E-state index contributed by atoms with van der Waals surface area (Å²) in [6, 6.07) is 7.62. The minimum atomic E-state index is -1.60. The Labute approximate surface area is 287 Å². The summed E-state index contributed by atoms with van der Waals surface area (Å²) in [5.74, 6) is -6.06. The number of hydrogen-bond acceptors (Lipinski definition) is 10. The van der Waals surface area contributed by atoms with Gasteiger partial charge in [-0.2, -0.15) is 11.8 Å². The van der Waals surface area contributed by atoms with Crippen LogP contribution in [0.25, 0.3) is 0 Å². The third kappa shape index (κ3) is 14.6. The predicted octanol–water partition coefficient (Wildman–Crippen LogP) is -1.58. The van der Waals surface area contributed by atoms with Crippen LogP contribution in [-0.2, 0) is 46.4 Å². The van der Waals surface area contributed by atoms with Gasteiger partial charge in [-0.05, 0) is 48.1 Å². The number of aromatic hydroxyl groups is 1. The van der Waals surface area contributed by atoms with Gasteiger partial charge in [0.2, 0.25) is 35.4 Å². The molecule has 0 saturated heterocycles. The van der Waals surface area contributed by atoms with E-state index in [1.807, 2.05) is 0 Å². The maximum atomic E-state index is 13.6. The number of rotatable bonds is 21. The maximum absolute atomic E-state index is 13.6. The summed E-state index contributed by atoms with van der Waals surface area (Å²) >= 11 is 1.37. The molecule has 16 nitrogen and oxygen atoms in total. The second-order valence-electron chi connectivity index (χ2n) is 11.2. The van der Waals surface area contributed by atoms with Gasteiger partial charge in [0.25, 0.3) is 0 Å². The van der Waals surface area contributed by atoms with Gasteiger partial charge in [-0.3, -0.25) is 28.8 Å². The largest absolute Gasteiger partial charge is 0.508 e. The van der Waals surface area contributed by atoms with E-state index in [-0.39, 0.29) is 37.9 Å². The van der Waals surface area contributed by atoms with E-state index in [0.717, 1.165) is 0 Å². The third-order valence-corrected chi connectivity index (χ3v) is 7.87. The molecule has 266 valence electrons. The molecular formula is C32H43N7O9S. The smallest absolute Gasteiger partial charge is 0.326 e. The standard InChI is InChI=1S/C32H43N7O9S/c1-49-14-13-22(29(44)39-25(32(47)48)16-18-5-3-2-4-6-18)36-31(46)24(17-27(35)42)38-30(45)23(15-19-7-9-20(40)10-8-19)37-28(43)21(33)11-12-26(34)41/h2-10,21-25,40H,11-17,33H2,1H3,(H2,34,41)(H2,35,42)(H,36,46)(H,37,43)(H,38,45)(H,39,44)(H,47,48)/t21-,22-,23-,24-,25-/m0/s1. The number of hydrogen-bond donors (Lipinski definition) is 9. The predicted molar refractivity (Wildman–Crippen MR) is 181 cm³/mol. The highest BCUT2D eigenvalue weighted by atomic mass is 32.2. The summed E-state index contributed by atoms with van der Waals surface area (Å²) in [4.78, 5) is 88.2. The van der Waals surface area contributed by atoms with Crippen LogP contribution in [0, 0.1) is 0 Å². The van der Waals surface area contributed by atoms with Crippen LogP contribution in [0.4, 0.5) is 0 Å². The molecule has 2 aromatic rings. The number of phenolic OH excluding ortho intramolecular Hbond substituents is 1. The van der Waals surface area contributed by atoms with Crippen LogP contribution in [-0.4, -0.2) is 93.8 Å². The molecule has 0 aliphatic carbocycles. The Hall–Kier alpha value is -5.16. The van der Waals surface area contributed by atoms with E-state index in [0.29, 0.717) is 16.9 Å². The van der Waals surface area contributed by atoms with Crippen molar-refractivity contribution in [3.63, 3.8) is 0 Å². The van der Waals surface area contributed by atoms with Gasteiger partial charge in [-0.15, -0.1) is 0 Å². The minimum Gasteiger partial charge on any atom is -0.508 e. The summed E-state index contributed by atoms with van der Waals surface area (Å²) in [5.41, 5.74) is 17.5. The summed E-state index contributed by atoms with van der Waals surface area (Å²) < 4.78 is 0. The van der Waals surface area contributed by atoms with Crippen molar-refractivity contribution in [1.82, 2.24) is 21.3 Å². The molecule has 0 fully saturated rings. The number of phenols is 1. The van der Waals surface area contributed by atoms with Crippen LogP contribution >= 0.6 is 11.8 Å². The third-order valence-electron chi connectivity index (χ3n) is 7.23. The Kier molecular flexibility index (Phi) is 16.5. The van der Waals surface area contributed by atoms with Gasteiger partial charge in [0, 0.05) is 19.3 Å². The number of thioether (sulfide) groups is 1. The average Bonchev–Trinajstić information content (AvgIpc) is 3.05. The van der Waals surface area contributed by atoms with E-state index in [1.165, 1.54) is 36.0 Å². The van der Waals surface area contributed by atoms with Crippen molar-refractivity contribution in [3.8, 4) is 5.75 Å². The number of carbonyl (C=O) groups is 7. The summed E-state index contributed by atoms with van der Waals surface area (Å²) in [6.07, 6.45) is 0.719. The number of primary amides is 2. The molecule has 0 saturated carbocycles. The highest BCUT2D eigenvalue weighted by Gasteiger charge is 2.32. The lowest BCUT2D eigenvalue weighted by Crippen LogP contribution is -2.59. The molecule has 0 bridgehead atoms. The second-order valence-corrected chi connectivity index (χ2v) is 12.2. The molecule has 0 heterocycles. The van der Waals surface area contributed by atoms with Crippen LogP contribution in [0.5, 0.6) is 5.75 Å². The van der Waals surface area contributed by atoms with E-state index in [9.17, 15) is 43.8 Å². The fourth-order valence-electron chi connectivity index (χ4n) is 4.57. The van der Waals surface area contributed by atoms with E-state index >= 15 is 0 Å². The number of carboxylic acids is 1. The van der Waals surface area contributed by atoms with Crippen LogP contribution in [0.3, 0.4) is 0 Å². The molecule has 5 atom stereocenters. The number of benzene rings is 2. The van der Waals surface area contributed by atoms with Gasteiger partial charge >= 0.3 is 5.97 Å². The highest BCUT2D eigenvalue weighted by Crippen LogP contribution is 2.13. The molecule has 6 amide bonds. The molecule has 2 aromatic carbocycles. The zero-order chi connectivity index (χ0) is 36.5. The first-order chi connectivity index (χ1) is 23.2. The second kappa shape index (κ2) is 20.3. The first kappa shape index (κ1) is 40.0. The molecule has 2 rings (SSSR count). The maximum Gasteiger partial charge on any atom is 0.326 e. The monoisotopic (exact) mass is 701 g/mol. The Morgan fingerprint density at radius 3 is 1.76 bits per heavy atom. The number of aliphatic carboxylic acids is 1. The van der Waals surface area contributed by atoms with Gasteiger partial charge in [0.15, 0.2) is 0 Å². The molecule has 17 heteroatoms. The lowest BCUT2D eigenvalue weighted by molar-refractivity contribution is -0.142. The number of nitrogens with one attached hydrogen (secondary N) is 4. The Morgan fingerprint density at radius 1 is 0.673 bits per heavy atom. The normalized spacial score (nSPS) is 13.8. The van der Waals surface area contributed by atoms with Crippen LogP contribution < -0.4 is 38.5 Å². The molecule has 0 aliphatic heterocycles. The van der Waals surface area contributed by atoms with Crippen LogP contribution in [0.1, 0.15) is 36.8 Å². The van der Waals surface area contributed by atoms with E-state index in [2.05, 4.69) is 21.3 Å². The number of nitrogens with two attached hydrogens (primary N) is 3. The number of carbonyl (C=O) groups excluding carboxylic acids is 6. The molecule has 12 N–H and O–H groups in total. The zero-order valence-electron chi connectivity index (χ0n) is 26.9. The summed E-state index contributed by atoms with van der Waals surface area (Å²) in [5, 5.41) is 29.2. The fraction of sp³-hybridized carbons (Fsp3) is 0.406. The fourth-order valence-corrected chi connectivity index (χ4v) is 5.04. The van der Waals surface area contributed by atoms with Crippen molar-refractivity contribution >= 4 is 53.2 Å². The van der Waals surface area contributed by atoms with Crippen molar-refractivity contribution in [2.75, 3.05) is 12.0 Å². The Morgan fingerprint density at radius 2 is 1.18 bits per heavy atom. The highest BCUT2D eigenvalue weighted by molar-refractivity contribution is 7.98. The molecule has 0 spiro atoms. The van der Waals surface area contributed by atoms with Gasteiger partial charge in [-0.1, -0.05) is 42.5 Å². The van der Waals surface area contributed by atoms with Gasteiger partial charge < -0.3 is 48.7 Å². The molecule has 0 aromatic heterocycles. The zero-order valence-corrected chi connectivity index (χ0v) is 27.7. The van der Waals surface area contributed by atoms with Gasteiger partial charge in [0.1, 0.15) is 29.9 Å².